The van der Waals surface area contributed by atoms with Crippen molar-refractivity contribution in [2.45, 2.75) is 11.4 Å². The van der Waals surface area contributed by atoms with E-state index >= 15 is 0 Å². The van der Waals surface area contributed by atoms with Crippen molar-refractivity contribution < 1.29 is 9.84 Å². The number of hydrogen-bond acceptors (Lipinski definition) is 7. The molecule has 0 saturated heterocycles. The van der Waals surface area contributed by atoms with E-state index < -0.39 is 6.23 Å². The van der Waals surface area contributed by atoms with Gasteiger partial charge in [0, 0.05) is 22.6 Å². The number of nitrogens with one attached hydrogen (secondary N) is 1. The summed E-state index contributed by atoms with van der Waals surface area (Å²) in [5.41, 5.74) is 3.09. The molecule has 0 amide bonds. The smallest absolute Gasteiger partial charge is 0.247 e. The number of nitrogens with zero attached hydrogens (tertiary/aromatic N) is 3. The van der Waals surface area contributed by atoms with Crippen LogP contribution in [0.3, 0.4) is 0 Å². The van der Waals surface area contributed by atoms with Gasteiger partial charge >= 0.3 is 0 Å². The standard InChI is InChI=1S/C19H14Br2N4O2S/c1-2-7-28-19-23-18-15(24-25-19)11-5-3-4-6-14(11)22-17(27-18)10-8-12(20)16(26)13(21)9-10/h2-6,8-9,17,22,26H,1,7H2. The molecule has 28 heavy (non-hydrogen) atoms. The van der Waals surface area contributed by atoms with Gasteiger partial charge in [-0.3, -0.25) is 0 Å². The minimum Gasteiger partial charge on any atom is -0.506 e. The van der Waals surface area contributed by atoms with E-state index in [-0.39, 0.29) is 5.75 Å². The van der Waals surface area contributed by atoms with Crippen molar-refractivity contribution in [2.75, 3.05) is 11.1 Å². The maximum absolute atomic E-state index is 10.0. The molecule has 4 rings (SSSR count). The van der Waals surface area contributed by atoms with Gasteiger partial charge in [0.25, 0.3) is 0 Å². The first-order valence-corrected chi connectivity index (χ1v) is 10.8. The van der Waals surface area contributed by atoms with Crippen LogP contribution in [-0.2, 0) is 0 Å². The Labute approximate surface area is 182 Å². The van der Waals surface area contributed by atoms with Crippen molar-refractivity contribution in [1.29, 1.82) is 0 Å². The van der Waals surface area contributed by atoms with E-state index in [4.69, 9.17) is 4.74 Å². The molecular weight excluding hydrogens is 508 g/mol. The average Bonchev–Trinajstić information content (AvgIpc) is 2.86. The largest absolute Gasteiger partial charge is 0.506 e. The summed E-state index contributed by atoms with van der Waals surface area (Å²) in [6.45, 7) is 3.72. The summed E-state index contributed by atoms with van der Waals surface area (Å²) in [6, 6.07) is 11.4. The van der Waals surface area contributed by atoms with Gasteiger partial charge in [-0.15, -0.1) is 16.8 Å². The minimum atomic E-state index is -0.537. The minimum absolute atomic E-state index is 0.130. The number of benzene rings is 2. The van der Waals surface area contributed by atoms with Gasteiger partial charge in [-0.25, -0.2) is 0 Å². The SMILES string of the molecule is C=CCSc1nnc2c(n1)OC(c1cc(Br)c(O)c(Br)c1)Nc1ccccc1-2. The number of para-hydroxylation sites is 1. The van der Waals surface area contributed by atoms with Gasteiger partial charge in [-0.2, -0.15) is 4.98 Å². The molecule has 142 valence electrons. The summed E-state index contributed by atoms with van der Waals surface area (Å²) in [6.07, 6.45) is 1.25. The maximum Gasteiger partial charge on any atom is 0.247 e. The van der Waals surface area contributed by atoms with Crippen LogP contribution in [0.1, 0.15) is 11.8 Å². The third kappa shape index (κ3) is 3.74. The number of aromatic hydroxyl groups is 1. The molecule has 0 fully saturated rings. The number of thioether (sulfide) groups is 1. The Morgan fingerprint density at radius 3 is 2.71 bits per heavy atom. The van der Waals surface area contributed by atoms with E-state index in [1.165, 1.54) is 11.8 Å². The molecule has 1 aliphatic heterocycles. The Kier molecular flexibility index (Phi) is 5.56. The first kappa shape index (κ1) is 19.2. The number of hydrogen-bond donors (Lipinski definition) is 2. The summed E-state index contributed by atoms with van der Waals surface area (Å²) < 4.78 is 7.33. The third-order valence-electron chi connectivity index (χ3n) is 4.01. The molecule has 9 heteroatoms. The van der Waals surface area contributed by atoms with Crippen LogP contribution in [-0.4, -0.2) is 26.0 Å². The summed E-state index contributed by atoms with van der Waals surface area (Å²) in [5.74, 6) is 1.20. The van der Waals surface area contributed by atoms with Crippen molar-refractivity contribution in [1.82, 2.24) is 15.2 Å². The van der Waals surface area contributed by atoms with Gasteiger partial charge in [0.05, 0.1) is 8.95 Å². The molecule has 1 atom stereocenters. The number of anilines is 1. The van der Waals surface area contributed by atoms with Crippen molar-refractivity contribution in [2.24, 2.45) is 0 Å². The lowest BCUT2D eigenvalue weighted by molar-refractivity contribution is 0.225. The Hall–Kier alpha value is -2.10. The molecule has 6 nitrogen and oxygen atoms in total. The van der Waals surface area contributed by atoms with Crippen LogP contribution < -0.4 is 10.1 Å². The van der Waals surface area contributed by atoms with Gasteiger partial charge < -0.3 is 15.2 Å². The van der Waals surface area contributed by atoms with Crippen LogP contribution in [0, 0.1) is 0 Å². The van der Waals surface area contributed by atoms with Crippen LogP contribution in [0.25, 0.3) is 11.3 Å². The third-order valence-corrected chi connectivity index (χ3v) is 6.05. The van der Waals surface area contributed by atoms with E-state index in [2.05, 4.69) is 58.9 Å². The Bertz CT molecular complexity index is 1040. The van der Waals surface area contributed by atoms with E-state index in [1.54, 1.807) is 18.2 Å². The molecule has 1 unspecified atom stereocenters. The van der Waals surface area contributed by atoms with Crippen LogP contribution in [0.2, 0.25) is 0 Å². The van der Waals surface area contributed by atoms with Crippen molar-refractivity contribution in [3.63, 3.8) is 0 Å². The van der Waals surface area contributed by atoms with Crippen LogP contribution >= 0.6 is 43.6 Å². The number of rotatable bonds is 4. The summed E-state index contributed by atoms with van der Waals surface area (Å²) >= 11 is 8.18. The zero-order chi connectivity index (χ0) is 19.7. The zero-order valence-electron chi connectivity index (χ0n) is 14.4. The lowest BCUT2D eigenvalue weighted by atomic mass is 10.1. The molecular formula is C19H14Br2N4O2S. The zero-order valence-corrected chi connectivity index (χ0v) is 18.4. The lowest BCUT2D eigenvalue weighted by Crippen LogP contribution is -2.17. The second-order valence-electron chi connectivity index (χ2n) is 5.87. The van der Waals surface area contributed by atoms with Gasteiger partial charge in [0.15, 0.2) is 11.9 Å². The fourth-order valence-corrected chi connectivity index (χ4v) is 4.46. The number of phenolic OH excluding ortho intramolecular Hbond substituents is 1. The Morgan fingerprint density at radius 1 is 1.21 bits per heavy atom. The summed E-state index contributed by atoms with van der Waals surface area (Å²) in [4.78, 5) is 4.55. The molecule has 2 aromatic carbocycles. The lowest BCUT2D eigenvalue weighted by Gasteiger charge is -2.20. The molecule has 0 bridgehead atoms. The molecule has 1 aromatic heterocycles. The maximum atomic E-state index is 10.0. The predicted octanol–water partition coefficient (Wildman–Crippen LogP) is 5.55. The van der Waals surface area contributed by atoms with E-state index in [0.29, 0.717) is 31.4 Å². The topological polar surface area (TPSA) is 80.2 Å². The first-order chi connectivity index (χ1) is 13.6. The average molecular weight is 522 g/mol. The predicted molar refractivity (Wildman–Crippen MR) is 117 cm³/mol. The molecule has 0 radical (unpaired) electrons. The molecule has 0 aliphatic carbocycles. The second-order valence-corrected chi connectivity index (χ2v) is 8.56. The van der Waals surface area contributed by atoms with E-state index in [9.17, 15) is 5.11 Å². The summed E-state index contributed by atoms with van der Waals surface area (Å²) in [5, 5.41) is 22.5. The Morgan fingerprint density at radius 2 is 1.96 bits per heavy atom. The van der Waals surface area contributed by atoms with Gasteiger partial charge in [-0.1, -0.05) is 36.0 Å². The van der Waals surface area contributed by atoms with Crippen molar-refractivity contribution in [3.8, 4) is 22.9 Å². The molecule has 2 N–H and O–H groups in total. The Balaban J connectivity index is 1.82. The number of ether oxygens (including phenoxy) is 1. The number of fused-ring (bicyclic) bond motifs is 3. The van der Waals surface area contributed by atoms with E-state index in [0.717, 1.165) is 16.8 Å². The molecule has 0 saturated carbocycles. The highest BCUT2D eigenvalue weighted by atomic mass is 79.9. The van der Waals surface area contributed by atoms with Gasteiger partial charge in [-0.05, 0) is 50.1 Å². The molecule has 2 heterocycles. The fourth-order valence-electron chi connectivity index (χ4n) is 2.73. The second kappa shape index (κ2) is 8.10. The molecule has 1 aliphatic rings. The van der Waals surface area contributed by atoms with Crippen LogP contribution in [0.15, 0.2) is 63.2 Å². The van der Waals surface area contributed by atoms with Crippen LogP contribution in [0.4, 0.5) is 5.69 Å². The molecule has 3 aromatic rings. The van der Waals surface area contributed by atoms with Crippen molar-refractivity contribution in [3.05, 3.63) is 63.6 Å². The van der Waals surface area contributed by atoms with Crippen LogP contribution in [0.5, 0.6) is 11.6 Å². The molecule has 0 spiro atoms. The summed E-state index contributed by atoms with van der Waals surface area (Å²) in [7, 11) is 0. The number of halogens is 2. The van der Waals surface area contributed by atoms with E-state index in [1.807, 2.05) is 24.3 Å². The van der Waals surface area contributed by atoms with Gasteiger partial charge in [0.2, 0.25) is 11.0 Å². The quantitative estimate of drug-likeness (QED) is 0.344. The monoisotopic (exact) mass is 520 g/mol. The number of phenols is 1. The van der Waals surface area contributed by atoms with Crippen molar-refractivity contribution >= 4 is 49.3 Å². The van der Waals surface area contributed by atoms with Gasteiger partial charge in [0.1, 0.15) is 5.75 Å². The highest BCUT2D eigenvalue weighted by molar-refractivity contribution is 9.11. The highest BCUT2D eigenvalue weighted by Gasteiger charge is 2.26. The number of aromatic nitrogens is 3. The first-order valence-electron chi connectivity index (χ1n) is 8.25. The fraction of sp³-hybridized carbons (Fsp3) is 0.105. The highest BCUT2D eigenvalue weighted by Crippen LogP contribution is 2.41. The normalized spacial score (nSPS) is 14.9.